The summed E-state index contributed by atoms with van der Waals surface area (Å²) in [6, 6.07) is 3.29. The zero-order valence-corrected chi connectivity index (χ0v) is 10.6. The van der Waals surface area contributed by atoms with Crippen molar-refractivity contribution in [2.75, 3.05) is 13.2 Å². The number of nitrogens with zero attached hydrogens (tertiary/aromatic N) is 1. The molecule has 0 aliphatic carbocycles. The summed E-state index contributed by atoms with van der Waals surface area (Å²) in [5.41, 5.74) is -0.325. The van der Waals surface area contributed by atoms with Crippen LogP contribution in [0.2, 0.25) is 0 Å². The van der Waals surface area contributed by atoms with Gasteiger partial charge >= 0.3 is 0 Å². The van der Waals surface area contributed by atoms with Crippen molar-refractivity contribution in [1.29, 1.82) is 0 Å². The van der Waals surface area contributed by atoms with Crippen LogP contribution in [0.25, 0.3) is 0 Å². The van der Waals surface area contributed by atoms with Gasteiger partial charge in [-0.2, -0.15) is 0 Å². The Hall–Kier alpha value is -1.14. The number of hydrogen-bond acceptors (Lipinski definition) is 3. The molecule has 0 aromatic carbocycles. The standard InChI is InChI=1S/C11H11BrN2O3/c12-7-1-2-8-9(15)13-11(14(8)10(7)16)3-5-17-6-4-11/h1-2H,3-6H2,(H,13,15). The molecular weight excluding hydrogens is 288 g/mol. The highest BCUT2D eigenvalue weighted by atomic mass is 79.9. The number of carbonyl (C=O) groups excluding carboxylic acids is 1. The zero-order valence-electron chi connectivity index (χ0n) is 9.03. The van der Waals surface area contributed by atoms with Gasteiger partial charge in [-0.3, -0.25) is 14.2 Å². The lowest BCUT2D eigenvalue weighted by atomic mass is 10.0. The van der Waals surface area contributed by atoms with E-state index in [1.54, 1.807) is 16.7 Å². The van der Waals surface area contributed by atoms with Gasteiger partial charge in [0.15, 0.2) is 0 Å². The van der Waals surface area contributed by atoms with Gasteiger partial charge in [0.2, 0.25) is 0 Å². The second-order valence-electron chi connectivity index (χ2n) is 4.31. The lowest BCUT2D eigenvalue weighted by Crippen LogP contribution is -2.51. The first-order valence-electron chi connectivity index (χ1n) is 5.46. The van der Waals surface area contributed by atoms with Crippen molar-refractivity contribution < 1.29 is 9.53 Å². The summed E-state index contributed by atoms with van der Waals surface area (Å²) in [6.45, 7) is 1.11. The summed E-state index contributed by atoms with van der Waals surface area (Å²) in [7, 11) is 0. The van der Waals surface area contributed by atoms with Crippen LogP contribution in [0.5, 0.6) is 0 Å². The topological polar surface area (TPSA) is 60.3 Å². The predicted octanol–water partition coefficient (Wildman–Crippen LogP) is 0.817. The highest BCUT2D eigenvalue weighted by molar-refractivity contribution is 9.10. The van der Waals surface area contributed by atoms with E-state index in [1.165, 1.54) is 0 Å². The molecule has 0 bridgehead atoms. The summed E-state index contributed by atoms with van der Waals surface area (Å²) in [6.07, 6.45) is 1.25. The molecule has 1 aromatic rings. The van der Waals surface area contributed by atoms with Gasteiger partial charge in [0.05, 0.1) is 17.7 Å². The fourth-order valence-corrected chi connectivity index (χ4v) is 2.81. The minimum Gasteiger partial charge on any atom is -0.381 e. The molecule has 2 aliphatic heterocycles. The van der Waals surface area contributed by atoms with Crippen molar-refractivity contribution in [2.45, 2.75) is 18.5 Å². The van der Waals surface area contributed by atoms with Gasteiger partial charge in [0, 0.05) is 12.8 Å². The fraction of sp³-hybridized carbons (Fsp3) is 0.455. The molecule has 0 radical (unpaired) electrons. The van der Waals surface area contributed by atoms with E-state index in [-0.39, 0.29) is 11.5 Å². The van der Waals surface area contributed by atoms with E-state index in [0.29, 0.717) is 36.2 Å². The second kappa shape index (κ2) is 3.68. The maximum absolute atomic E-state index is 12.2. The smallest absolute Gasteiger partial charge is 0.269 e. The highest BCUT2D eigenvalue weighted by Gasteiger charge is 2.44. The fourth-order valence-electron chi connectivity index (χ4n) is 2.51. The molecule has 6 heteroatoms. The molecule has 1 fully saturated rings. The average molecular weight is 299 g/mol. The molecule has 1 saturated heterocycles. The van der Waals surface area contributed by atoms with Crippen LogP contribution in [0, 0.1) is 0 Å². The lowest BCUT2D eigenvalue weighted by molar-refractivity contribution is 0.0119. The van der Waals surface area contributed by atoms with Crippen LogP contribution in [-0.2, 0) is 10.4 Å². The molecule has 1 amide bonds. The molecular formula is C11H11BrN2O3. The summed E-state index contributed by atoms with van der Waals surface area (Å²) in [4.78, 5) is 24.0. The van der Waals surface area contributed by atoms with Crippen LogP contribution in [0.3, 0.4) is 0 Å². The Morgan fingerprint density at radius 2 is 2.00 bits per heavy atom. The summed E-state index contributed by atoms with van der Waals surface area (Å²) in [5, 5.41) is 2.93. The summed E-state index contributed by atoms with van der Waals surface area (Å²) >= 11 is 3.22. The van der Waals surface area contributed by atoms with E-state index in [0.717, 1.165) is 0 Å². The van der Waals surface area contributed by atoms with Crippen molar-refractivity contribution in [3.05, 3.63) is 32.7 Å². The van der Waals surface area contributed by atoms with Crippen molar-refractivity contribution in [3.8, 4) is 0 Å². The number of hydrogen-bond donors (Lipinski definition) is 1. The van der Waals surface area contributed by atoms with E-state index in [9.17, 15) is 9.59 Å². The Labute approximate surface area is 106 Å². The predicted molar refractivity (Wildman–Crippen MR) is 63.9 cm³/mol. The largest absolute Gasteiger partial charge is 0.381 e. The minimum absolute atomic E-state index is 0.164. The Balaban J connectivity index is 2.23. The lowest BCUT2D eigenvalue weighted by Gasteiger charge is -2.34. The number of fused-ring (bicyclic) bond motifs is 2. The Kier molecular flexibility index (Phi) is 2.38. The van der Waals surface area contributed by atoms with E-state index >= 15 is 0 Å². The van der Waals surface area contributed by atoms with E-state index in [1.807, 2.05) is 0 Å². The number of halogens is 1. The van der Waals surface area contributed by atoms with Crippen molar-refractivity contribution >= 4 is 21.8 Å². The first-order chi connectivity index (χ1) is 8.14. The Bertz CT molecular complexity index is 546. The van der Waals surface area contributed by atoms with Crippen molar-refractivity contribution in [2.24, 2.45) is 0 Å². The maximum atomic E-state index is 12.2. The van der Waals surface area contributed by atoms with Gasteiger partial charge in [-0.05, 0) is 28.1 Å². The average Bonchev–Trinajstić information content (AvgIpc) is 2.58. The van der Waals surface area contributed by atoms with E-state index < -0.39 is 5.66 Å². The molecule has 0 saturated carbocycles. The molecule has 1 N–H and O–H groups in total. The van der Waals surface area contributed by atoms with Gasteiger partial charge in [-0.15, -0.1) is 0 Å². The number of carbonyl (C=O) groups is 1. The van der Waals surface area contributed by atoms with Crippen LogP contribution in [0.15, 0.2) is 21.4 Å². The molecule has 1 aromatic heterocycles. The monoisotopic (exact) mass is 298 g/mol. The SMILES string of the molecule is O=C1NC2(CCOCC2)n2c1ccc(Br)c2=O. The third kappa shape index (κ3) is 1.47. The van der Waals surface area contributed by atoms with Gasteiger partial charge in [0.25, 0.3) is 11.5 Å². The number of nitrogens with one attached hydrogen (secondary N) is 1. The quantitative estimate of drug-likeness (QED) is 0.771. The first-order valence-corrected chi connectivity index (χ1v) is 6.26. The van der Waals surface area contributed by atoms with Crippen LogP contribution in [0.1, 0.15) is 23.3 Å². The molecule has 2 aliphatic rings. The molecule has 3 heterocycles. The number of ether oxygens (including phenoxy) is 1. The summed E-state index contributed by atoms with van der Waals surface area (Å²) in [5.74, 6) is -0.184. The van der Waals surface area contributed by atoms with Crippen molar-refractivity contribution in [3.63, 3.8) is 0 Å². The molecule has 5 nitrogen and oxygen atoms in total. The highest BCUT2D eigenvalue weighted by Crippen LogP contribution is 2.31. The van der Waals surface area contributed by atoms with Gasteiger partial charge in [-0.1, -0.05) is 0 Å². The van der Waals surface area contributed by atoms with E-state index in [2.05, 4.69) is 21.2 Å². The first kappa shape index (κ1) is 11.0. The molecule has 1 spiro atoms. The Morgan fingerprint density at radius 1 is 1.29 bits per heavy atom. The third-order valence-electron chi connectivity index (χ3n) is 3.36. The van der Waals surface area contributed by atoms with Crippen LogP contribution in [0.4, 0.5) is 0 Å². The van der Waals surface area contributed by atoms with Crippen LogP contribution in [-0.4, -0.2) is 23.7 Å². The van der Waals surface area contributed by atoms with Gasteiger partial charge in [0.1, 0.15) is 11.4 Å². The number of pyridine rings is 1. The molecule has 0 atom stereocenters. The van der Waals surface area contributed by atoms with Gasteiger partial charge in [-0.25, -0.2) is 0 Å². The zero-order chi connectivity index (χ0) is 12.0. The molecule has 17 heavy (non-hydrogen) atoms. The normalized spacial score (nSPS) is 21.4. The van der Waals surface area contributed by atoms with Crippen LogP contribution < -0.4 is 10.9 Å². The maximum Gasteiger partial charge on any atom is 0.269 e. The number of aromatic nitrogens is 1. The molecule has 90 valence electrons. The van der Waals surface area contributed by atoms with Gasteiger partial charge < -0.3 is 10.1 Å². The number of amides is 1. The minimum atomic E-state index is -0.592. The molecule has 3 rings (SSSR count). The Morgan fingerprint density at radius 3 is 2.71 bits per heavy atom. The van der Waals surface area contributed by atoms with E-state index in [4.69, 9.17) is 4.74 Å². The van der Waals surface area contributed by atoms with Crippen LogP contribution >= 0.6 is 15.9 Å². The summed E-state index contributed by atoms with van der Waals surface area (Å²) < 4.78 is 7.35. The third-order valence-corrected chi connectivity index (χ3v) is 3.97. The van der Waals surface area contributed by atoms with Crippen molar-refractivity contribution in [1.82, 2.24) is 9.88 Å². The second-order valence-corrected chi connectivity index (χ2v) is 5.16. The molecule has 0 unspecified atom stereocenters. The number of rotatable bonds is 0.